The van der Waals surface area contributed by atoms with Crippen molar-refractivity contribution < 1.29 is 28.6 Å². The van der Waals surface area contributed by atoms with Gasteiger partial charge in [0, 0.05) is 5.69 Å². The Morgan fingerprint density at radius 2 is 1.52 bits per heavy atom. The van der Waals surface area contributed by atoms with Gasteiger partial charge in [-0.15, -0.1) is 0 Å². The van der Waals surface area contributed by atoms with Crippen LogP contribution in [0.5, 0.6) is 11.5 Å². The summed E-state index contributed by atoms with van der Waals surface area (Å²) in [5.74, 6) is -0.813. The zero-order chi connectivity index (χ0) is 21.2. The molecule has 0 unspecified atom stereocenters. The molecular weight excluding hydrogens is 376 g/mol. The average Bonchev–Trinajstić information content (AvgIpc) is 2.72. The van der Waals surface area contributed by atoms with Crippen molar-refractivity contribution in [2.45, 2.75) is 13.8 Å². The van der Waals surface area contributed by atoms with Gasteiger partial charge in [0.25, 0.3) is 5.91 Å². The standard InChI is InChI=1S/C21H24N2O6/c1-14-7-6-8-15(2)21(14)23-18(24)11-22-19(25)12-29-20(26)13-28-17-10-5-4-9-16(17)27-3/h4-10H,11-13H2,1-3H3,(H,22,25)(H,23,24). The van der Waals surface area contributed by atoms with Crippen molar-refractivity contribution in [1.29, 1.82) is 0 Å². The first-order valence-corrected chi connectivity index (χ1v) is 8.95. The molecule has 0 aliphatic carbocycles. The van der Waals surface area contributed by atoms with E-state index in [1.54, 1.807) is 24.3 Å². The number of benzene rings is 2. The SMILES string of the molecule is COc1ccccc1OCC(=O)OCC(=O)NCC(=O)Nc1c(C)cccc1C. The molecule has 154 valence electrons. The van der Waals surface area contributed by atoms with Gasteiger partial charge in [-0.2, -0.15) is 0 Å². The predicted molar refractivity (Wildman–Crippen MR) is 107 cm³/mol. The molecule has 2 N–H and O–H groups in total. The summed E-state index contributed by atoms with van der Waals surface area (Å²) >= 11 is 0. The lowest BCUT2D eigenvalue weighted by atomic mass is 10.1. The van der Waals surface area contributed by atoms with Crippen molar-refractivity contribution in [1.82, 2.24) is 5.32 Å². The van der Waals surface area contributed by atoms with Crippen LogP contribution in [0.1, 0.15) is 11.1 Å². The highest BCUT2D eigenvalue weighted by Gasteiger charge is 2.12. The van der Waals surface area contributed by atoms with E-state index >= 15 is 0 Å². The molecule has 0 aromatic heterocycles. The molecule has 8 heteroatoms. The Bertz CT molecular complexity index is 861. The molecule has 2 aromatic carbocycles. The number of rotatable bonds is 9. The fourth-order valence-electron chi connectivity index (χ4n) is 2.49. The Morgan fingerprint density at radius 3 is 2.17 bits per heavy atom. The van der Waals surface area contributed by atoms with Crippen LogP contribution in [0.4, 0.5) is 5.69 Å². The molecule has 2 rings (SSSR count). The molecule has 0 saturated carbocycles. The minimum atomic E-state index is -0.717. The summed E-state index contributed by atoms with van der Waals surface area (Å²) in [5.41, 5.74) is 2.56. The fourth-order valence-corrected chi connectivity index (χ4v) is 2.49. The van der Waals surface area contributed by atoms with E-state index in [1.807, 2.05) is 32.0 Å². The van der Waals surface area contributed by atoms with E-state index in [1.165, 1.54) is 7.11 Å². The third kappa shape index (κ3) is 6.84. The Kier molecular flexibility index (Phi) is 8.02. The molecule has 0 spiro atoms. The highest BCUT2D eigenvalue weighted by atomic mass is 16.6. The first kappa shape index (κ1) is 21.7. The van der Waals surface area contributed by atoms with Crippen molar-refractivity contribution in [2.75, 3.05) is 32.2 Å². The maximum atomic E-state index is 12.0. The monoisotopic (exact) mass is 400 g/mol. The summed E-state index contributed by atoms with van der Waals surface area (Å²) in [7, 11) is 1.49. The molecule has 0 saturated heterocycles. The lowest BCUT2D eigenvalue weighted by molar-refractivity contribution is -0.150. The van der Waals surface area contributed by atoms with Crippen LogP contribution in [-0.2, 0) is 19.1 Å². The number of esters is 1. The summed E-state index contributed by atoms with van der Waals surface area (Å²) < 4.78 is 15.3. The van der Waals surface area contributed by atoms with Crippen LogP contribution in [0.25, 0.3) is 0 Å². The van der Waals surface area contributed by atoms with Crippen molar-refractivity contribution in [3.05, 3.63) is 53.6 Å². The maximum Gasteiger partial charge on any atom is 0.344 e. The van der Waals surface area contributed by atoms with E-state index in [0.717, 1.165) is 11.1 Å². The molecule has 0 heterocycles. The topological polar surface area (TPSA) is 103 Å². The second-order valence-corrected chi connectivity index (χ2v) is 6.19. The van der Waals surface area contributed by atoms with Crippen molar-refractivity contribution in [2.24, 2.45) is 0 Å². The Labute approximate surface area is 169 Å². The Balaban J connectivity index is 1.70. The molecular formula is C21H24N2O6. The van der Waals surface area contributed by atoms with E-state index in [9.17, 15) is 14.4 Å². The zero-order valence-corrected chi connectivity index (χ0v) is 16.6. The molecule has 0 aliphatic rings. The Morgan fingerprint density at radius 1 is 0.862 bits per heavy atom. The average molecular weight is 400 g/mol. The lowest BCUT2D eigenvalue weighted by Gasteiger charge is -2.12. The number of hydrogen-bond acceptors (Lipinski definition) is 6. The first-order chi connectivity index (χ1) is 13.9. The van der Waals surface area contributed by atoms with Crippen molar-refractivity contribution >= 4 is 23.5 Å². The van der Waals surface area contributed by atoms with E-state index in [-0.39, 0.29) is 19.1 Å². The van der Waals surface area contributed by atoms with Gasteiger partial charge in [0.05, 0.1) is 13.7 Å². The second-order valence-electron chi connectivity index (χ2n) is 6.19. The summed E-state index contributed by atoms with van der Waals surface area (Å²) in [6.45, 7) is 2.65. The minimum absolute atomic E-state index is 0.234. The highest BCUT2D eigenvalue weighted by molar-refractivity contribution is 5.96. The lowest BCUT2D eigenvalue weighted by Crippen LogP contribution is -2.36. The normalized spacial score (nSPS) is 10.0. The Hall–Kier alpha value is -3.55. The number of anilines is 1. The number of methoxy groups -OCH3 is 1. The minimum Gasteiger partial charge on any atom is -0.493 e. The van der Waals surface area contributed by atoms with Crippen LogP contribution in [-0.4, -0.2) is 44.7 Å². The van der Waals surface area contributed by atoms with Gasteiger partial charge in [-0.05, 0) is 37.1 Å². The van der Waals surface area contributed by atoms with Gasteiger partial charge in [0.15, 0.2) is 24.7 Å². The van der Waals surface area contributed by atoms with Gasteiger partial charge in [-0.25, -0.2) is 4.79 Å². The molecule has 8 nitrogen and oxygen atoms in total. The van der Waals surface area contributed by atoms with Gasteiger partial charge in [0.2, 0.25) is 5.91 Å². The van der Waals surface area contributed by atoms with Crippen LogP contribution in [0.3, 0.4) is 0 Å². The maximum absolute atomic E-state index is 12.0. The summed E-state index contributed by atoms with van der Waals surface area (Å²) in [6.07, 6.45) is 0. The number of ether oxygens (including phenoxy) is 3. The van der Waals surface area contributed by atoms with E-state index < -0.39 is 18.5 Å². The third-order valence-electron chi connectivity index (χ3n) is 3.97. The van der Waals surface area contributed by atoms with Gasteiger partial charge < -0.3 is 24.8 Å². The number of aryl methyl sites for hydroxylation is 2. The van der Waals surface area contributed by atoms with Gasteiger partial charge in [0.1, 0.15) is 0 Å². The number of hydrogen-bond donors (Lipinski definition) is 2. The summed E-state index contributed by atoms with van der Waals surface area (Å²) in [6, 6.07) is 12.5. The molecule has 29 heavy (non-hydrogen) atoms. The van der Waals surface area contributed by atoms with Crippen molar-refractivity contribution in [3.8, 4) is 11.5 Å². The van der Waals surface area contributed by atoms with Gasteiger partial charge in [-0.3, -0.25) is 9.59 Å². The smallest absolute Gasteiger partial charge is 0.344 e. The number of nitrogens with one attached hydrogen (secondary N) is 2. The van der Waals surface area contributed by atoms with Crippen molar-refractivity contribution in [3.63, 3.8) is 0 Å². The van der Waals surface area contributed by atoms with Crippen LogP contribution in [0.2, 0.25) is 0 Å². The molecule has 0 aliphatic heterocycles. The van der Waals surface area contributed by atoms with Crippen LogP contribution >= 0.6 is 0 Å². The summed E-state index contributed by atoms with van der Waals surface area (Å²) in [4.78, 5) is 35.5. The number of carbonyl (C=O) groups is 3. The van der Waals surface area contributed by atoms with Crippen LogP contribution in [0, 0.1) is 13.8 Å². The quantitative estimate of drug-likeness (QED) is 0.624. The molecule has 0 atom stereocenters. The largest absolute Gasteiger partial charge is 0.493 e. The zero-order valence-electron chi connectivity index (χ0n) is 16.6. The first-order valence-electron chi connectivity index (χ1n) is 8.95. The molecule has 0 fully saturated rings. The highest BCUT2D eigenvalue weighted by Crippen LogP contribution is 2.25. The van der Waals surface area contributed by atoms with Crippen LogP contribution in [0.15, 0.2) is 42.5 Å². The van der Waals surface area contributed by atoms with E-state index in [0.29, 0.717) is 17.2 Å². The molecule has 0 radical (unpaired) electrons. The van der Waals surface area contributed by atoms with E-state index in [2.05, 4.69) is 10.6 Å². The fraction of sp³-hybridized carbons (Fsp3) is 0.286. The third-order valence-corrected chi connectivity index (χ3v) is 3.97. The van der Waals surface area contributed by atoms with Gasteiger partial charge in [-0.1, -0.05) is 30.3 Å². The van der Waals surface area contributed by atoms with Gasteiger partial charge >= 0.3 is 5.97 Å². The molecule has 2 aromatic rings. The summed E-state index contributed by atoms with van der Waals surface area (Å²) in [5, 5.41) is 5.15. The van der Waals surface area contributed by atoms with E-state index in [4.69, 9.17) is 14.2 Å². The molecule has 2 amide bonds. The predicted octanol–water partition coefficient (Wildman–Crippen LogP) is 1.99. The number of amides is 2. The number of para-hydroxylation sites is 3. The van der Waals surface area contributed by atoms with Crippen LogP contribution < -0.4 is 20.1 Å². The number of carbonyl (C=O) groups excluding carboxylic acids is 3. The molecule has 0 bridgehead atoms. The second kappa shape index (κ2) is 10.7.